The summed E-state index contributed by atoms with van der Waals surface area (Å²) >= 11 is 0. The summed E-state index contributed by atoms with van der Waals surface area (Å²) in [5.74, 6) is -1.02. The van der Waals surface area contributed by atoms with Crippen molar-refractivity contribution in [3.8, 4) is 11.5 Å². The molecule has 0 aliphatic carbocycles. The molecule has 0 amide bonds. The second-order valence-electron chi connectivity index (χ2n) is 6.72. The maximum Gasteiger partial charge on any atom is 0.185 e. The lowest BCUT2D eigenvalue weighted by Crippen LogP contribution is -2.06. The molecule has 0 aliphatic rings. The number of sulfone groups is 1. The molecule has 0 saturated heterocycles. The summed E-state index contributed by atoms with van der Waals surface area (Å²) in [6, 6.07) is 17.4. The van der Waals surface area contributed by atoms with Gasteiger partial charge in [0.25, 0.3) is 0 Å². The number of benzene rings is 3. The van der Waals surface area contributed by atoms with E-state index >= 15 is 0 Å². The number of aromatic hydroxyl groups is 2. The number of carbonyl (C=O) groups excluding carboxylic acids is 1. The van der Waals surface area contributed by atoms with Gasteiger partial charge in [-0.2, -0.15) is 0 Å². The van der Waals surface area contributed by atoms with Gasteiger partial charge in [-0.15, -0.1) is 0 Å². The van der Waals surface area contributed by atoms with Crippen LogP contribution in [0, 0.1) is 6.92 Å². The van der Waals surface area contributed by atoms with Crippen LogP contribution in [-0.2, 0) is 15.6 Å². The van der Waals surface area contributed by atoms with Crippen LogP contribution in [0.1, 0.15) is 27.0 Å². The number of allylic oxidation sites excluding steroid dienone is 1. The molecule has 0 atom stereocenters. The second-order valence-corrected chi connectivity index (χ2v) is 8.71. The van der Waals surface area contributed by atoms with E-state index < -0.39 is 9.84 Å². The predicted molar refractivity (Wildman–Crippen MR) is 112 cm³/mol. The van der Waals surface area contributed by atoms with Gasteiger partial charge in [0.1, 0.15) is 0 Å². The standard InChI is InChI=1S/C23H20O5S/c1-16-5-9-20(10-6-16)29(27,28)15-18-3-2-4-19(13-18)21(24)11-7-17-8-12-22(25)23(26)14-17/h2-14,25-26H,15H2,1H3/b11-7+. The van der Waals surface area contributed by atoms with Crippen molar-refractivity contribution in [3.63, 3.8) is 0 Å². The second kappa shape index (κ2) is 8.32. The fourth-order valence-electron chi connectivity index (χ4n) is 2.78. The van der Waals surface area contributed by atoms with Gasteiger partial charge in [-0.3, -0.25) is 4.79 Å². The molecule has 0 spiro atoms. The minimum absolute atomic E-state index is 0.202. The summed E-state index contributed by atoms with van der Waals surface area (Å²) in [6.07, 6.45) is 2.84. The lowest BCUT2D eigenvalue weighted by molar-refractivity contribution is 0.104. The Bertz CT molecular complexity index is 1180. The largest absolute Gasteiger partial charge is 0.504 e. The van der Waals surface area contributed by atoms with Gasteiger partial charge in [0.15, 0.2) is 27.1 Å². The number of rotatable bonds is 6. The predicted octanol–water partition coefficient (Wildman–Crippen LogP) is 4.28. The quantitative estimate of drug-likeness (QED) is 0.361. The highest BCUT2D eigenvalue weighted by atomic mass is 32.2. The first-order chi connectivity index (χ1) is 13.7. The Morgan fingerprint density at radius 3 is 2.34 bits per heavy atom. The van der Waals surface area contributed by atoms with Gasteiger partial charge in [0, 0.05) is 5.56 Å². The fourth-order valence-corrected chi connectivity index (χ4v) is 4.11. The van der Waals surface area contributed by atoms with Crippen molar-refractivity contribution in [2.45, 2.75) is 17.6 Å². The van der Waals surface area contributed by atoms with Gasteiger partial charge in [-0.1, -0.05) is 48.0 Å². The van der Waals surface area contributed by atoms with Crippen molar-refractivity contribution >= 4 is 21.7 Å². The van der Waals surface area contributed by atoms with Gasteiger partial charge in [-0.05, 0) is 54.5 Å². The number of phenolic OH excluding ortho intramolecular Hbond substituents is 2. The van der Waals surface area contributed by atoms with E-state index in [2.05, 4.69) is 0 Å². The van der Waals surface area contributed by atoms with Gasteiger partial charge in [0.2, 0.25) is 0 Å². The topological polar surface area (TPSA) is 91.7 Å². The summed E-state index contributed by atoms with van der Waals surface area (Å²) in [7, 11) is -3.52. The maximum atomic E-state index is 12.6. The van der Waals surface area contributed by atoms with Crippen LogP contribution in [0.4, 0.5) is 0 Å². The number of phenols is 2. The van der Waals surface area contributed by atoms with Gasteiger partial charge in [0.05, 0.1) is 10.6 Å². The van der Waals surface area contributed by atoms with Crippen LogP contribution in [0.25, 0.3) is 6.08 Å². The van der Waals surface area contributed by atoms with Crippen LogP contribution >= 0.6 is 0 Å². The molecule has 0 saturated carbocycles. The van der Waals surface area contributed by atoms with E-state index in [1.807, 2.05) is 6.92 Å². The number of aryl methyl sites for hydroxylation is 1. The highest BCUT2D eigenvalue weighted by Gasteiger charge is 2.16. The van der Waals surface area contributed by atoms with Gasteiger partial charge < -0.3 is 10.2 Å². The van der Waals surface area contributed by atoms with Crippen LogP contribution in [0.3, 0.4) is 0 Å². The summed E-state index contributed by atoms with van der Waals surface area (Å²) in [6.45, 7) is 1.89. The van der Waals surface area contributed by atoms with Crippen molar-refractivity contribution in [3.05, 3.63) is 95.1 Å². The van der Waals surface area contributed by atoms with Crippen molar-refractivity contribution in [2.75, 3.05) is 0 Å². The Labute approximate surface area is 169 Å². The lowest BCUT2D eigenvalue weighted by atomic mass is 10.1. The molecule has 5 nitrogen and oxygen atoms in total. The monoisotopic (exact) mass is 408 g/mol. The third-order valence-corrected chi connectivity index (χ3v) is 6.08. The first-order valence-corrected chi connectivity index (χ1v) is 10.5. The third kappa shape index (κ3) is 5.12. The van der Waals surface area contributed by atoms with Crippen molar-refractivity contribution in [2.24, 2.45) is 0 Å². The van der Waals surface area contributed by atoms with Gasteiger partial charge >= 0.3 is 0 Å². The molecular formula is C23H20O5S. The van der Waals surface area contributed by atoms with E-state index in [9.17, 15) is 23.4 Å². The highest BCUT2D eigenvalue weighted by Crippen LogP contribution is 2.25. The van der Waals surface area contributed by atoms with E-state index in [-0.39, 0.29) is 27.9 Å². The molecule has 0 fully saturated rings. The van der Waals surface area contributed by atoms with Crippen LogP contribution in [0.2, 0.25) is 0 Å². The molecule has 3 rings (SSSR count). The zero-order valence-corrected chi connectivity index (χ0v) is 16.6. The Balaban J connectivity index is 1.78. The number of carbonyl (C=O) groups is 1. The number of ketones is 1. The molecule has 3 aromatic carbocycles. The molecule has 0 unspecified atom stereocenters. The average molecular weight is 408 g/mol. The fraction of sp³-hybridized carbons (Fsp3) is 0.0870. The van der Waals surface area contributed by atoms with Crippen LogP contribution < -0.4 is 0 Å². The Kier molecular flexibility index (Phi) is 5.84. The first-order valence-electron chi connectivity index (χ1n) is 8.87. The van der Waals surface area contributed by atoms with Crippen molar-refractivity contribution < 1.29 is 23.4 Å². The summed E-state index contributed by atoms with van der Waals surface area (Å²) in [4.78, 5) is 12.7. The molecule has 0 radical (unpaired) electrons. The van der Waals surface area contributed by atoms with E-state index in [0.717, 1.165) is 5.56 Å². The van der Waals surface area contributed by atoms with E-state index in [4.69, 9.17) is 0 Å². The summed E-state index contributed by atoms with van der Waals surface area (Å²) in [5, 5.41) is 18.8. The zero-order chi connectivity index (χ0) is 21.0. The van der Waals surface area contributed by atoms with E-state index in [1.165, 1.54) is 24.3 Å². The average Bonchev–Trinajstić information content (AvgIpc) is 2.69. The normalized spacial score (nSPS) is 11.6. The Morgan fingerprint density at radius 1 is 0.931 bits per heavy atom. The zero-order valence-electron chi connectivity index (χ0n) is 15.7. The van der Waals surface area contributed by atoms with Crippen molar-refractivity contribution in [1.29, 1.82) is 0 Å². The molecule has 3 aromatic rings. The van der Waals surface area contributed by atoms with Gasteiger partial charge in [-0.25, -0.2) is 8.42 Å². The Hall–Kier alpha value is -3.38. The number of hydrogen-bond acceptors (Lipinski definition) is 5. The molecule has 6 heteroatoms. The van der Waals surface area contributed by atoms with Crippen molar-refractivity contribution in [1.82, 2.24) is 0 Å². The molecular weight excluding hydrogens is 388 g/mol. The van der Waals surface area contributed by atoms with Crippen LogP contribution in [-0.4, -0.2) is 24.4 Å². The molecule has 0 heterocycles. The third-order valence-electron chi connectivity index (χ3n) is 4.37. The summed E-state index contributed by atoms with van der Waals surface area (Å²) in [5.41, 5.74) is 2.41. The minimum atomic E-state index is -3.52. The Morgan fingerprint density at radius 2 is 1.66 bits per heavy atom. The molecule has 148 valence electrons. The molecule has 2 N–H and O–H groups in total. The molecule has 29 heavy (non-hydrogen) atoms. The lowest BCUT2D eigenvalue weighted by Gasteiger charge is -2.06. The van der Waals surface area contributed by atoms with E-state index in [1.54, 1.807) is 54.6 Å². The SMILES string of the molecule is Cc1ccc(S(=O)(=O)Cc2cccc(C(=O)/C=C/c3ccc(O)c(O)c3)c2)cc1. The van der Waals surface area contributed by atoms with Crippen LogP contribution in [0.5, 0.6) is 11.5 Å². The molecule has 0 bridgehead atoms. The highest BCUT2D eigenvalue weighted by molar-refractivity contribution is 7.90. The van der Waals surface area contributed by atoms with E-state index in [0.29, 0.717) is 16.7 Å². The minimum Gasteiger partial charge on any atom is -0.504 e. The molecule has 0 aromatic heterocycles. The van der Waals surface area contributed by atoms with Crippen LogP contribution in [0.15, 0.2) is 77.7 Å². The maximum absolute atomic E-state index is 12.6. The first kappa shape index (κ1) is 20.4. The number of hydrogen-bond donors (Lipinski definition) is 2. The smallest absolute Gasteiger partial charge is 0.185 e. The summed E-state index contributed by atoms with van der Waals surface area (Å²) < 4.78 is 25.2. The molecule has 0 aliphatic heterocycles.